The number of nitrogens with zero attached hydrogens (tertiary/aromatic N) is 4. The first-order valence-electron chi connectivity index (χ1n) is 19.9. The summed E-state index contributed by atoms with van der Waals surface area (Å²) in [7, 11) is 2.53. The SMILES string of the molecule is CCCN(Cc1ncc(-c2ccc3c(c2)COc2c-3ccc3cc(-c4cnc(CN(CCC)C(=O)[C@H](NC(=O)OC)c5ccccc5)[nH]4)ccc23)[nH]1)C(=O)CNC(=O)OC. The highest BCUT2D eigenvalue weighted by Gasteiger charge is 2.29. The van der Waals surface area contributed by atoms with E-state index in [9.17, 15) is 19.2 Å². The first-order valence-corrected chi connectivity index (χ1v) is 19.9. The molecule has 0 spiro atoms. The molecule has 7 rings (SSSR count). The third-order valence-corrected chi connectivity index (χ3v) is 10.3. The van der Waals surface area contributed by atoms with Gasteiger partial charge in [-0.05, 0) is 58.7 Å². The topological polar surface area (TPSA) is 184 Å². The predicted molar refractivity (Wildman–Crippen MR) is 225 cm³/mol. The van der Waals surface area contributed by atoms with Gasteiger partial charge in [-0.15, -0.1) is 0 Å². The normalized spacial score (nSPS) is 12.1. The fourth-order valence-corrected chi connectivity index (χ4v) is 7.39. The zero-order valence-corrected chi connectivity index (χ0v) is 34.0. The van der Waals surface area contributed by atoms with Crippen molar-refractivity contribution in [2.75, 3.05) is 33.9 Å². The van der Waals surface area contributed by atoms with Gasteiger partial charge < -0.3 is 44.6 Å². The second kappa shape index (κ2) is 18.6. The Morgan fingerprint density at radius 2 is 1.40 bits per heavy atom. The highest BCUT2D eigenvalue weighted by atomic mass is 16.5. The van der Waals surface area contributed by atoms with Crippen LogP contribution in [0.25, 0.3) is 44.4 Å². The average molecular weight is 813 g/mol. The van der Waals surface area contributed by atoms with E-state index in [0.29, 0.717) is 36.9 Å². The van der Waals surface area contributed by atoms with E-state index in [1.807, 2.05) is 38.1 Å². The van der Waals surface area contributed by atoms with Gasteiger partial charge in [-0.25, -0.2) is 19.6 Å². The van der Waals surface area contributed by atoms with Gasteiger partial charge in [0.05, 0.1) is 51.1 Å². The maximum absolute atomic E-state index is 13.9. The van der Waals surface area contributed by atoms with Crippen molar-refractivity contribution < 1.29 is 33.4 Å². The van der Waals surface area contributed by atoms with Crippen LogP contribution in [0.1, 0.15) is 55.5 Å². The third kappa shape index (κ3) is 9.09. The van der Waals surface area contributed by atoms with Crippen molar-refractivity contribution in [1.82, 2.24) is 40.4 Å². The van der Waals surface area contributed by atoms with E-state index >= 15 is 0 Å². The van der Waals surface area contributed by atoms with Crippen LogP contribution in [0.5, 0.6) is 5.75 Å². The van der Waals surface area contributed by atoms with Crippen LogP contribution < -0.4 is 15.4 Å². The molecule has 60 heavy (non-hydrogen) atoms. The van der Waals surface area contributed by atoms with Gasteiger partial charge in [-0.1, -0.05) is 74.5 Å². The number of ether oxygens (including phenoxy) is 3. The van der Waals surface area contributed by atoms with Crippen LogP contribution in [0, 0.1) is 0 Å². The first kappa shape index (κ1) is 41.0. The minimum absolute atomic E-state index is 0.159. The lowest BCUT2D eigenvalue weighted by Crippen LogP contribution is -2.43. The second-order valence-electron chi connectivity index (χ2n) is 14.4. The zero-order chi connectivity index (χ0) is 42.2. The molecule has 3 heterocycles. The van der Waals surface area contributed by atoms with Gasteiger partial charge in [0.15, 0.2) is 0 Å². The lowest BCUT2D eigenvalue weighted by molar-refractivity contribution is -0.134. The van der Waals surface area contributed by atoms with Gasteiger partial charge in [0.25, 0.3) is 0 Å². The highest BCUT2D eigenvalue weighted by Crippen LogP contribution is 2.44. The van der Waals surface area contributed by atoms with Crippen molar-refractivity contribution in [2.24, 2.45) is 0 Å². The Bertz CT molecular complexity index is 2500. The molecule has 15 heteroatoms. The molecule has 1 aliphatic rings. The van der Waals surface area contributed by atoms with E-state index < -0.39 is 18.2 Å². The van der Waals surface area contributed by atoms with Crippen molar-refractivity contribution in [3.05, 3.63) is 114 Å². The molecule has 0 fully saturated rings. The van der Waals surface area contributed by atoms with Crippen LogP contribution in [-0.2, 0) is 38.8 Å². The fourth-order valence-electron chi connectivity index (χ4n) is 7.39. The van der Waals surface area contributed by atoms with E-state index in [-0.39, 0.29) is 31.4 Å². The molecule has 0 aliphatic carbocycles. The summed E-state index contributed by atoms with van der Waals surface area (Å²) >= 11 is 0. The van der Waals surface area contributed by atoms with Gasteiger partial charge in [0.1, 0.15) is 36.6 Å². The molecule has 310 valence electrons. The highest BCUT2D eigenvalue weighted by molar-refractivity contribution is 5.98. The summed E-state index contributed by atoms with van der Waals surface area (Å²) in [5.41, 5.74) is 7.29. The van der Waals surface area contributed by atoms with Gasteiger partial charge in [-0.2, -0.15) is 0 Å². The molecule has 0 saturated carbocycles. The number of rotatable bonds is 15. The number of nitrogens with one attached hydrogen (secondary N) is 4. The van der Waals surface area contributed by atoms with E-state index in [2.05, 4.69) is 77.8 Å². The molecule has 0 unspecified atom stereocenters. The van der Waals surface area contributed by atoms with Crippen LogP contribution in [0.2, 0.25) is 0 Å². The Morgan fingerprint density at radius 1 is 0.767 bits per heavy atom. The van der Waals surface area contributed by atoms with Crippen molar-refractivity contribution in [3.63, 3.8) is 0 Å². The zero-order valence-electron chi connectivity index (χ0n) is 34.0. The molecule has 6 aromatic rings. The number of H-pyrrole nitrogens is 2. The summed E-state index contributed by atoms with van der Waals surface area (Å²) < 4.78 is 15.8. The number of methoxy groups -OCH3 is 2. The monoisotopic (exact) mass is 812 g/mol. The Kier molecular flexibility index (Phi) is 12.7. The van der Waals surface area contributed by atoms with Crippen molar-refractivity contribution in [1.29, 1.82) is 0 Å². The standard InChI is InChI=1S/C45H48N8O7/c1-5-18-52(40(54)24-48-44(56)58-3)25-38-46-23-37(49-38)31-13-15-33-32(21-31)27-60-42-34-16-14-30(20-29(34)12-17-35(33)42)36-22-47-39(50-36)26-53(19-6-2)43(55)41(51-45(57)59-4)28-10-8-7-9-11-28/h7-17,20-23,41H,5-6,18-19,24-27H2,1-4H3,(H,46,49)(H,47,50)(H,48,56)(H,51,57)/t41-/m1/s1. The molecular weight excluding hydrogens is 765 g/mol. The number of imidazole rings is 2. The van der Waals surface area contributed by atoms with E-state index in [0.717, 1.165) is 68.6 Å². The van der Waals surface area contributed by atoms with E-state index in [1.165, 1.54) is 14.2 Å². The molecular formula is C45H48N8O7. The van der Waals surface area contributed by atoms with Crippen LogP contribution in [0.3, 0.4) is 0 Å². The summed E-state index contributed by atoms with van der Waals surface area (Å²) in [5.74, 6) is 1.58. The van der Waals surface area contributed by atoms with Crippen LogP contribution in [0.15, 0.2) is 91.3 Å². The van der Waals surface area contributed by atoms with Gasteiger partial charge in [-0.3, -0.25) is 9.59 Å². The molecule has 4 aromatic carbocycles. The number of hydrogen-bond donors (Lipinski definition) is 4. The first-order chi connectivity index (χ1) is 29.2. The van der Waals surface area contributed by atoms with Gasteiger partial charge in [0.2, 0.25) is 11.8 Å². The Labute approximate surface area is 347 Å². The van der Waals surface area contributed by atoms with Gasteiger partial charge in [0, 0.05) is 29.6 Å². The van der Waals surface area contributed by atoms with Crippen molar-refractivity contribution >= 4 is 34.8 Å². The summed E-state index contributed by atoms with van der Waals surface area (Å²) in [4.78, 5) is 69.6. The molecule has 4 amide bonds. The van der Waals surface area contributed by atoms with E-state index in [4.69, 9.17) is 9.47 Å². The molecule has 2 aromatic heterocycles. The number of aromatic amines is 2. The quantitative estimate of drug-likeness (QED) is 0.0840. The summed E-state index contributed by atoms with van der Waals surface area (Å²) in [6.45, 7) is 5.71. The number of amides is 4. The molecule has 0 saturated heterocycles. The lowest BCUT2D eigenvalue weighted by Gasteiger charge is -2.27. The van der Waals surface area contributed by atoms with Crippen LogP contribution in [0.4, 0.5) is 9.59 Å². The Hall–Kier alpha value is -7.16. The molecule has 0 radical (unpaired) electrons. The summed E-state index contributed by atoms with van der Waals surface area (Å²) in [6, 6.07) is 24.8. The Morgan fingerprint density at radius 3 is 2.08 bits per heavy atom. The number of fused-ring (bicyclic) bond motifs is 5. The molecule has 1 aliphatic heterocycles. The second-order valence-corrected chi connectivity index (χ2v) is 14.4. The fraction of sp³-hybridized carbons (Fsp3) is 0.289. The number of aromatic nitrogens is 4. The number of carbonyl (C=O) groups excluding carboxylic acids is 4. The lowest BCUT2D eigenvalue weighted by atomic mass is 9.92. The molecule has 1 atom stereocenters. The number of alkyl carbamates (subject to hydrolysis) is 2. The van der Waals surface area contributed by atoms with Crippen LogP contribution in [-0.4, -0.2) is 87.6 Å². The maximum atomic E-state index is 13.9. The average Bonchev–Trinajstić information content (AvgIpc) is 3.96. The third-order valence-electron chi connectivity index (χ3n) is 10.3. The number of carbonyl (C=O) groups is 4. The predicted octanol–water partition coefficient (Wildman–Crippen LogP) is 7.11. The molecule has 15 nitrogen and oxygen atoms in total. The summed E-state index contributed by atoms with van der Waals surface area (Å²) in [5, 5.41) is 7.13. The van der Waals surface area contributed by atoms with Crippen molar-refractivity contribution in [3.8, 4) is 39.4 Å². The largest absolute Gasteiger partial charge is 0.488 e. The molecule has 0 bridgehead atoms. The van der Waals surface area contributed by atoms with Gasteiger partial charge >= 0.3 is 12.2 Å². The Balaban J connectivity index is 1.06. The minimum atomic E-state index is -0.913. The number of benzene rings is 4. The smallest absolute Gasteiger partial charge is 0.407 e. The van der Waals surface area contributed by atoms with Crippen molar-refractivity contribution in [2.45, 2.75) is 52.4 Å². The summed E-state index contributed by atoms with van der Waals surface area (Å²) in [6.07, 6.45) is 3.66. The number of hydrogen-bond acceptors (Lipinski definition) is 9. The maximum Gasteiger partial charge on any atom is 0.407 e. The van der Waals surface area contributed by atoms with E-state index in [1.54, 1.807) is 34.3 Å². The molecule has 4 N–H and O–H groups in total. The van der Waals surface area contributed by atoms with Crippen LogP contribution >= 0.6 is 0 Å². The minimum Gasteiger partial charge on any atom is -0.488 e.